The van der Waals surface area contributed by atoms with Crippen LogP contribution >= 0.6 is 22.6 Å². The van der Waals surface area contributed by atoms with Crippen LogP contribution in [-0.4, -0.2) is 14.9 Å². The summed E-state index contributed by atoms with van der Waals surface area (Å²) in [5.74, 6) is -0.402. The van der Waals surface area contributed by atoms with Crippen LogP contribution < -0.4 is 10.9 Å². The van der Waals surface area contributed by atoms with E-state index in [0.717, 1.165) is 3.57 Å². The molecule has 1 aromatic carbocycles. The normalized spacial score (nSPS) is 10.8. The van der Waals surface area contributed by atoms with E-state index in [2.05, 4.69) is 10.3 Å². The highest BCUT2D eigenvalue weighted by molar-refractivity contribution is 14.1. The third-order valence-electron chi connectivity index (χ3n) is 2.99. The Labute approximate surface area is 132 Å². The van der Waals surface area contributed by atoms with E-state index in [4.69, 9.17) is 0 Å². The van der Waals surface area contributed by atoms with Crippen molar-refractivity contribution < 1.29 is 9.60 Å². The highest BCUT2D eigenvalue weighted by atomic mass is 127. The van der Waals surface area contributed by atoms with E-state index in [0.29, 0.717) is 15.5 Å². The zero-order chi connectivity index (χ0) is 15.0. The Morgan fingerprint density at radius 3 is 2.86 bits per heavy atom. The van der Waals surface area contributed by atoms with E-state index in [9.17, 15) is 14.4 Å². The van der Waals surface area contributed by atoms with E-state index in [1.54, 1.807) is 6.07 Å². The van der Waals surface area contributed by atoms with Crippen LogP contribution in [0.4, 0.5) is 15.9 Å². The van der Waals surface area contributed by atoms with Crippen molar-refractivity contribution in [3.8, 4) is 0 Å². The van der Waals surface area contributed by atoms with Gasteiger partial charge in [0.2, 0.25) is 0 Å². The van der Waals surface area contributed by atoms with Gasteiger partial charge in [-0.1, -0.05) is 0 Å². The largest absolute Gasteiger partial charge is 0.423 e. The zero-order valence-electron chi connectivity index (χ0n) is 10.5. The predicted molar refractivity (Wildman–Crippen MR) is 85.6 cm³/mol. The number of anilines is 2. The maximum atomic E-state index is 13.8. The number of nitrogens with one attached hydrogen (secondary N) is 1. The molecule has 2 N–H and O–H groups in total. The van der Waals surface area contributed by atoms with E-state index < -0.39 is 11.4 Å². The van der Waals surface area contributed by atoms with E-state index in [-0.39, 0.29) is 11.5 Å². The molecule has 0 spiro atoms. The third kappa shape index (κ3) is 2.56. The zero-order valence-corrected chi connectivity index (χ0v) is 12.7. The van der Waals surface area contributed by atoms with Crippen molar-refractivity contribution in [1.82, 2.24) is 9.71 Å². The highest BCUT2D eigenvalue weighted by Gasteiger charge is 2.10. The Morgan fingerprint density at radius 1 is 1.29 bits per heavy atom. The van der Waals surface area contributed by atoms with Gasteiger partial charge in [-0.2, -0.15) is 0 Å². The van der Waals surface area contributed by atoms with Crippen LogP contribution in [0, 0.1) is 9.39 Å². The summed E-state index contributed by atoms with van der Waals surface area (Å²) in [4.78, 5) is 16.0. The number of hydrogen-bond donors (Lipinski definition) is 2. The van der Waals surface area contributed by atoms with Crippen molar-refractivity contribution in [2.75, 3.05) is 5.32 Å². The van der Waals surface area contributed by atoms with Crippen LogP contribution in [0.3, 0.4) is 0 Å². The van der Waals surface area contributed by atoms with Gasteiger partial charge >= 0.3 is 0 Å². The molecular formula is C14H9FIN3O2. The van der Waals surface area contributed by atoms with Gasteiger partial charge in [-0.3, -0.25) is 9.78 Å². The van der Waals surface area contributed by atoms with Crippen LogP contribution in [0.5, 0.6) is 0 Å². The molecule has 0 fully saturated rings. The minimum atomic E-state index is -0.594. The van der Waals surface area contributed by atoms with Crippen molar-refractivity contribution in [2.45, 2.75) is 0 Å². The fourth-order valence-electron chi connectivity index (χ4n) is 1.97. The molecule has 2 aromatic heterocycles. The summed E-state index contributed by atoms with van der Waals surface area (Å²) in [7, 11) is 0. The Hall–Kier alpha value is -2.16. The first-order valence-electron chi connectivity index (χ1n) is 5.97. The molecule has 0 atom stereocenters. The fraction of sp³-hybridized carbons (Fsp3) is 0. The molecule has 5 nitrogen and oxygen atoms in total. The van der Waals surface area contributed by atoms with Crippen molar-refractivity contribution in [3.63, 3.8) is 0 Å². The summed E-state index contributed by atoms with van der Waals surface area (Å²) in [5, 5.41) is 13.5. The molecule has 0 aliphatic rings. The number of fused-ring (bicyclic) bond motifs is 1. The molecular weight excluding hydrogens is 388 g/mol. The Balaban J connectivity index is 2.12. The quantitative estimate of drug-likeness (QED) is 0.515. The number of benzene rings is 1. The van der Waals surface area contributed by atoms with Gasteiger partial charge in [-0.05, 0) is 52.9 Å². The second-order valence-electron chi connectivity index (χ2n) is 4.36. The Morgan fingerprint density at radius 2 is 2.10 bits per heavy atom. The maximum Gasteiger partial charge on any atom is 0.292 e. The molecule has 0 aliphatic carbocycles. The molecule has 106 valence electrons. The molecule has 0 radical (unpaired) electrons. The highest BCUT2D eigenvalue weighted by Crippen LogP contribution is 2.22. The van der Waals surface area contributed by atoms with Gasteiger partial charge in [0.25, 0.3) is 5.56 Å². The molecule has 0 bridgehead atoms. The van der Waals surface area contributed by atoms with E-state index >= 15 is 0 Å². The van der Waals surface area contributed by atoms with Gasteiger partial charge in [0.15, 0.2) is 5.82 Å². The average molecular weight is 397 g/mol. The van der Waals surface area contributed by atoms with E-state index in [1.165, 1.54) is 36.7 Å². The second-order valence-corrected chi connectivity index (χ2v) is 5.60. The van der Waals surface area contributed by atoms with Gasteiger partial charge in [0.05, 0.1) is 11.1 Å². The summed E-state index contributed by atoms with van der Waals surface area (Å²) >= 11 is 2.00. The molecule has 0 unspecified atom stereocenters. The monoisotopic (exact) mass is 397 g/mol. The number of rotatable bonds is 2. The number of nitrogens with zero attached hydrogens (tertiary/aromatic N) is 2. The summed E-state index contributed by atoms with van der Waals surface area (Å²) < 4.78 is 15.0. The van der Waals surface area contributed by atoms with Crippen LogP contribution in [-0.2, 0) is 0 Å². The topological polar surface area (TPSA) is 67.2 Å². The van der Waals surface area contributed by atoms with Crippen molar-refractivity contribution >= 4 is 44.9 Å². The smallest absolute Gasteiger partial charge is 0.292 e. The first-order chi connectivity index (χ1) is 10.1. The lowest BCUT2D eigenvalue weighted by atomic mass is 10.2. The number of pyridine rings is 2. The average Bonchev–Trinajstić information content (AvgIpc) is 2.47. The van der Waals surface area contributed by atoms with E-state index in [1.807, 2.05) is 22.6 Å². The number of hydrogen-bond acceptors (Lipinski definition) is 4. The maximum absolute atomic E-state index is 13.8. The first-order valence-corrected chi connectivity index (χ1v) is 7.05. The van der Waals surface area contributed by atoms with Gasteiger partial charge < -0.3 is 10.5 Å². The summed E-state index contributed by atoms with van der Waals surface area (Å²) in [6.45, 7) is 0. The Bertz CT molecular complexity index is 895. The lowest BCUT2D eigenvalue weighted by Gasteiger charge is -2.11. The lowest BCUT2D eigenvalue weighted by Crippen LogP contribution is -2.20. The number of halogens is 2. The van der Waals surface area contributed by atoms with Crippen molar-refractivity contribution in [2.24, 2.45) is 0 Å². The number of aromatic nitrogens is 2. The van der Waals surface area contributed by atoms with Crippen LogP contribution in [0.15, 0.2) is 47.5 Å². The molecule has 0 saturated carbocycles. The summed E-state index contributed by atoms with van der Waals surface area (Å²) in [6.07, 6.45) is 2.97. The van der Waals surface area contributed by atoms with Crippen LogP contribution in [0.25, 0.3) is 10.8 Å². The first kappa shape index (κ1) is 13.8. The molecule has 0 aliphatic heterocycles. The van der Waals surface area contributed by atoms with Gasteiger partial charge in [0.1, 0.15) is 5.82 Å². The fourth-order valence-corrected chi connectivity index (χ4v) is 2.42. The van der Waals surface area contributed by atoms with Gasteiger partial charge in [0, 0.05) is 21.4 Å². The minimum absolute atomic E-state index is 0.0700. The second kappa shape index (κ2) is 5.32. The third-order valence-corrected chi connectivity index (χ3v) is 3.66. The van der Waals surface area contributed by atoms with Crippen molar-refractivity contribution in [1.29, 1.82) is 0 Å². The minimum Gasteiger partial charge on any atom is -0.423 e. The molecule has 7 heteroatoms. The van der Waals surface area contributed by atoms with Crippen molar-refractivity contribution in [3.05, 3.63) is 62.5 Å². The van der Waals surface area contributed by atoms with Gasteiger partial charge in [-0.25, -0.2) is 4.39 Å². The van der Waals surface area contributed by atoms with Gasteiger partial charge in [-0.15, -0.1) is 4.73 Å². The molecule has 2 heterocycles. The molecule has 0 saturated heterocycles. The van der Waals surface area contributed by atoms with Crippen LogP contribution in [0.2, 0.25) is 0 Å². The predicted octanol–water partition coefficient (Wildman–Crippen LogP) is 3.12. The molecule has 3 aromatic rings. The molecule has 21 heavy (non-hydrogen) atoms. The Kier molecular flexibility index (Phi) is 3.50. The standard InChI is InChI=1S/C14H9FIN3O2/c15-11-6-9(16)1-2-12(11)18-13-5-8-7-17-4-3-10(8)14(20)19(13)21/h1-7,18,21H. The summed E-state index contributed by atoms with van der Waals surface area (Å²) in [6, 6.07) is 7.65. The molecule has 0 amide bonds. The summed E-state index contributed by atoms with van der Waals surface area (Å²) in [5.41, 5.74) is -0.427. The molecule has 3 rings (SSSR count). The van der Waals surface area contributed by atoms with Crippen LogP contribution in [0.1, 0.15) is 0 Å². The SMILES string of the molecule is O=c1c2ccncc2cc(Nc2ccc(I)cc2F)n1O. The lowest BCUT2D eigenvalue weighted by molar-refractivity contribution is 0.183.